The molecule has 1 atom stereocenters. The van der Waals surface area contributed by atoms with Crippen molar-refractivity contribution < 1.29 is 9.53 Å². The van der Waals surface area contributed by atoms with E-state index in [2.05, 4.69) is 24.1 Å². The van der Waals surface area contributed by atoms with Gasteiger partial charge in [0, 0.05) is 25.8 Å². The third-order valence-electron chi connectivity index (χ3n) is 3.45. The molecule has 1 unspecified atom stereocenters. The molecule has 5 nitrogen and oxygen atoms in total. The van der Waals surface area contributed by atoms with Crippen LogP contribution in [0.15, 0.2) is 18.3 Å². The lowest BCUT2D eigenvalue weighted by atomic mass is 10.2. The molecule has 1 aromatic rings. The van der Waals surface area contributed by atoms with Gasteiger partial charge in [-0.25, -0.2) is 4.98 Å². The predicted molar refractivity (Wildman–Crippen MR) is 79.0 cm³/mol. The van der Waals surface area contributed by atoms with Crippen LogP contribution in [0.25, 0.3) is 0 Å². The number of hydrogen-bond acceptors (Lipinski definition) is 4. The van der Waals surface area contributed by atoms with Gasteiger partial charge in [0.25, 0.3) is 5.91 Å². The number of hydrogen-bond donors (Lipinski definition) is 1. The standard InChI is InChI=1S/C15H23N3O2/c1-3-7-16-14-6-5-12(10-17-14)15(19)18-8-9-20-13(4-2)11-18/h5-6,10,13H,3-4,7-9,11H2,1-2H3,(H,16,17). The summed E-state index contributed by atoms with van der Waals surface area (Å²) in [6, 6.07) is 3.70. The second-order valence-electron chi connectivity index (χ2n) is 5.01. The molecule has 1 amide bonds. The largest absolute Gasteiger partial charge is 0.375 e. The molecule has 0 bridgehead atoms. The Balaban J connectivity index is 1.98. The lowest BCUT2D eigenvalue weighted by molar-refractivity contribution is -0.0226. The molecule has 1 aliphatic rings. The first kappa shape index (κ1) is 14.8. The number of amides is 1. The summed E-state index contributed by atoms with van der Waals surface area (Å²) >= 11 is 0. The fourth-order valence-corrected chi connectivity index (χ4v) is 2.21. The number of morpholine rings is 1. The Morgan fingerprint density at radius 2 is 2.35 bits per heavy atom. The number of nitrogens with one attached hydrogen (secondary N) is 1. The van der Waals surface area contributed by atoms with Crippen molar-refractivity contribution in [3.05, 3.63) is 23.9 Å². The van der Waals surface area contributed by atoms with Gasteiger partial charge in [0.05, 0.1) is 18.3 Å². The highest BCUT2D eigenvalue weighted by Gasteiger charge is 2.24. The third-order valence-corrected chi connectivity index (χ3v) is 3.45. The van der Waals surface area contributed by atoms with Crippen molar-refractivity contribution in [2.24, 2.45) is 0 Å². The van der Waals surface area contributed by atoms with E-state index in [-0.39, 0.29) is 12.0 Å². The summed E-state index contributed by atoms with van der Waals surface area (Å²) in [5.41, 5.74) is 0.642. The molecule has 5 heteroatoms. The van der Waals surface area contributed by atoms with Crippen LogP contribution in [0.1, 0.15) is 37.0 Å². The van der Waals surface area contributed by atoms with Crippen LogP contribution in [0.2, 0.25) is 0 Å². The van der Waals surface area contributed by atoms with E-state index in [0.717, 1.165) is 25.2 Å². The van der Waals surface area contributed by atoms with Crippen molar-refractivity contribution in [3.8, 4) is 0 Å². The molecule has 1 fully saturated rings. The monoisotopic (exact) mass is 277 g/mol. The minimum absolute atomic E-state index is 0.0429. The van der Waals surface area contributed by atoms with E-state index in [0.29, 0.717) is 25.3 Å². The van der Waals surface area contributed by atoms with Crippen LogP contribution in [0.5, 0.6) is 0 Å². The quantitative estimate of drug-likeness (QED) is 0.896. The van der Waals surface area contributed by atoms with Gasteiger partial charge < -0.3 is 15.0 Å². The van der Waals surface area contributed by atoms with Gasteiger partial charge in [0.15, 0.2) is 0 Å². The molecule has 2 heterocycles. The third kappa shape index (κ3) is 3.70. The average Bonchev–Trinajstić information content (AvgIpc) is 2.52. The van der Waals surface area contributed by atoms with Gasteiger partial charge in [-0.05, 0) is 25.0 Å². The van der Waals surface area contributed by atoms with Gasteiger partial charge in [-0.3, -0.25) is 4.79 Å². The SMILES string of the molecule is CCCNc1ccc(C(=O)N2CCOC(CC)C2)cn1. The maximum absolute atomic E-state index is 12.4. The summed E-state index contributed by atoms with van der Waals surface area (Å²) < 4.78 is 5.59. The molecule has 2 rings (SSSR count). The molecular weight excluding hydrogens is 254 g/mol. The number of anilines is 1. The van der Waals surface area contributed by atoms with E-state index in [4.69, 9.17) is 4.74 Å². The van der Waals surface area contributed by atoms with E-state index in [1.54, 1.807) is 6.20 Å². The molecule has 1 saturated heterocycles. The minimum Gasteiger partial charge on any atom is -0.375 e. The maximum Gasteiger partial charge on any atom is 0.255 e. The zero-order valence-electron chi connectivity index (χ0n) is 12.3. The van der Waals surface area contributed by atoms with Crippen LogP contribution in [-0.2, 0) is 4.74 Å². The molecule has 1 aliphatic heterocycles. The van der Waals surface area contributed by atoms with Crippen molar-refractivity contribution in [2.45, 2.75) is 32.8 Å². The van der Waals surface area contributed by atoms with Crippen LogP contribution < -0.4 is 5.32 Å². The molecule has 1 aromatic heterocycles. The molecule has 0 aliphatic carbocycles. The number of carbonyl (C=O) groups is 1. The van der Waals surface area contributed by atoms with Gasteiger partial charge in [-0.2, -0.15) is 0 Å². The highest BCUT2D eigenvalue weighted by atomic mass is 16.5. The fraction of sp³-hybridized carbons (Fsp3) is 0.600. The molecule has 110 valence electrons. The van der Waals surface area contributed by atoms with Crippen molar-refractivity contribution in [1.82, 2.24) is 9.88 Å². The normalized spacial score (nSPS) is 18.9. The van der Waals surface area contributed by atoms with Crippen molar-refractivity contribution >= 4 is 11.7 Å². The first-order chi connectivity index (χ1) is 9.74. The van der Waals surface area contributed by atoms with Crippen molar-refractivity contribution in [2.75, 3.05) is 31.6 Å². The van der Waals surface area contributed by atoms with E-state index in [1.807, 2.05) is 17.0 Å². The van der Waals surface area contributed by atoms with Gasteiger partial charge in [0.1, 0.15) is 5.82 Å². The van der Waals surface area contributed by atoms with E-state index < -0.39 is 0 Å². The Kier molecular flexibility index (Phi) is 5.35. The summed E-state index contributed by atoms with van der Waals surface area (Å²) in [7, 11) is 0. The summed E-state index contributed by atoms with van der Waals surface area (Å²) in [5.74, 6) is 0.859. The lowest BCUT2D eigenvalue weighted by Gasteiger charge is -2.32. The first-order valence-electron chi connectivity index (χ1n) is 7.35. The van der Waals surface area contributed by atoms with Crippen LogP contribution in [0.4, 0.5) is 5.82 Å². The van der Waals surface area contributed by atoms with Crippen LogP contribution >= 0.6 is 0 Å². The summed E-state index contributed by atoms with van der Waals surface area (Å²) in [4.78, 5) is 18.5. The van der Waals surface area contributed by atoms with E-state index in [9.17, 15) is 4.79 Å². The molecule has 0 radical (unpaired) electrons. The Hall–Kier alpha value is -1.62. The Labute approximate surface area is 120 Å². The van der Waals surface area contributed by atoms with Gasteiger partial charge >= 0.3 is 0 Å². The number of carbonyl (C=O) groups excluding carboxylic acids is 1. The summed E-state index contributed by atoms with van der Waals surface area (Å²) in [6.45, 7) is 7.02. The summed E-state index contributed by atoms with van der Waals surface area (Å²) in [6.07, 6.45) is 3.79. The highest BCUT2D eigenvalue weighted by Crippen LogP contribution is 2.13. The zero-order valence-corrected chi connectivity index (χ0v) is 12.3. The Morgan fingerprint density at radius 1 is 1.50 bits per heavy atom. The zero-order chi connectivity index (χ0) is 14.4. The Morgan fingerprint density at radius 3 is 3.00 bits per heavy atom. The lowest BCUT2D eigenvalue weighted by Crippen LogP contribution is -2.45. The van der Waals surface area contributed by atoms with Crippen LogP contribution in [-0.4, -0.2) is 48.1 Å². The van der Waals surface area contributed by atoms with E-state index >= 15 is 0 Å². The predicted octanol–water partition coefficient (Wildman–Crippen LogP) is 2.15. The second kappa shape index (κ2) is 7.24. The molecule has 20 heavy (non-hydrogen) atoms. The summed E-state index contributed by atoms with van der Waals surface area (Å²) in [5, 5.41) is 3.20. The topological polar surface area (TPSA) is 54.5 Å². The number of ether oxygens (including phenoxy) is 1. The smallest absolute Gasteiger partial charge is 0.255 e. The van der Waals surface area contributed by atoms with E-state index in [1.165, 1.54) is 0 Å². The van der Waals surface area contributed by atoms with Gasteiger partial charge in [0.2, 0.25) is 0 Å². The fourth-order valence-electron chi connectivity index (χ4n) is 2.21. The molecule has 0 spiro atoms. The van der Waals surface area contributed by atoms with Crippen LogP contribution in [0.3, 0.4) is 0 Å². The Bertz CT molecular complexity index is 433. The number of rotatable bonds is 5. The highest BCUT2D eigenvalue weighted by molar-refractivity contribution is 5.94. The van der Waals surface area contributed by atoms with Gasteiger partial charge in [-0.1, -0.05) is 13.8 Å². The second-order valence-corrected chi connectivity index (χ2v) is 5.01. The average molecular weight is 277 g/mol. The molecular formula is C15H23N3O2. The molecule has 0 saturated carbocycles. The number of nitrogens with zero attached hydrogens (tertiary/aromatic N) is 2. The minimum atomic E-state index is 0.0429. The first-order valence-corrected chi connectivity index (χ1v) is 7.35. The van der Waals surface area contributed by atoms with Crippen LogP contribution in [0, 0.1) is 0 Å². The van der Waals surface area contributed by atoms with Crippen molar-refractivity contribution in [3.63, 3.8) is 0 Å². The van der Waals surface area contributed by atoms with Gasteiger partial charge in [-0.15, -0.1) is 0 Å². The number of aromatic nitrogens is 1. The maximum atomic E-state index is 12.4. The molecule has 1 N–H and O–H groups in total. The molecule has 0 aromatic carbocycles. The number of pyridine rings is 1. The van der Waals surface area contributed by atoms with Crippen molar-refractivity contribution in [1.29, 1.82) is 0 Å².